The van der Waals surface area contributed by atoms with Gasteiger partial charge in [0, 0.05) is 26.7 Å². The van der Waals surface area contributed by atoms with Crippen LogP contribution < -0.4 is 14.2 Å². The van der Waals surface area contributed by atoms with Crippen molar-refractivity contribution in [2.75, 3.05) is 6.79 Å². The Bertz CT molecular complexity index is 1220. The van der Waals surface area contributed by atoms with E-state index in [1.165, 1.54) is 0 Å². The summed E-state index contributed by atoms with van der Waals surface area (Å²) >= 11 is 9.71. The van der Waals surface area contributed by atoms with Crippen LogP contribution in [0.1, 0.15) is 27.0 Å². The lowest BCUT2D eigenvalue weighted by atomic mass is 10.1. The third-order valence-corrected chi connectivity index (χ3v) is 5.78. The Morgan fingerprint density at radius 1 is 1.13 bits per heavy atom. The average Bonchev–Trinajstić information content (AvgIpc) is 3.08. The average molecular weight is 500 g/mol. The summed E-state index contributed by atoms with van der Waals surface area (Å²) in [5.41, 5.74) is 3.09. The van der Waals surface area contributed by atoms with Gasteiger partial charge in [-0.25, -0.2) is 0 Å². The quantitative estimate of drug-likeness (QED) is 0.402. The number of rotatable bonds is 4. The highest BCUT2D eigenvalue weighted by atomic mass is 79.9. The maximum atomic E-state index is 12.7. The molecule has 2 heterocycles. The molecule has 3 aromatic rings. The van der Waals surface area contributed by atoms with Crippen LogP contribution in [0.3, 0.4) is 0 Å². The number of Topliss-reactive ketones (excluding diaryl/α,β-unsaturated/α-hetero) is 1. The van der Waals surface area contributed by atoms with E-state index in [0.29, 0.717) is 35.3 Å². The summed E-state index contributed by atoms with van der Waals surface area (Å²) in [6.07, 6.45) is 1.65. The number of hydrogen-bond donors (Lipinski definition) is 0. The maximum absolute atomic E-state index is 12.7. The second-order valence-corrected chi connectivity index (χ2v) is 8.39. The fraction of sp³-hybridized carbons (Fsp3) is 0.125. The highest BCUT2D eigenvalue weighted by Crippen LogP contribution is 2.37. The van der Waals surface area contributed by atoms with Crippen molar-refractivity contribution in [3.05, 3.63) is 92.1 Å². The number of carbonyl (C=O) groups excluding carboxylic acids is 1. The van der Waals surface area contributed by atoms with Crippen LogP contribution in [-0.2, 0) is 18.0 Å². The minimum absolute atomic E-state index is 0.184. The van der Waals surface area contributed by atoms with Crippen molar-refractivity contribution in [2.45, 2.75) is 13.2 Å². The predicted octanol–water partition coefficient (Wildman–Crippen LogP) is 6.16. The first-order valence-electron chi connectivity index (χ1n) is 9.56. The van der Waals surface area contributed by atoms with Gasteiger partial charge in [-0.1, -0.05) is 45.7 Å². The van der Waals surface area contributed by atoms with Crippen LogP contribution in [0.4, 0.5) is 0 Å². The molecule has 0 radical (unpaired) electrons. The van der Waals surface area contributed by atoms with Gasteiger partial charge in [-0.15, -0.1) is 0 Å². The normalized spacial score (nSPS) is 15.8. The van der Waals surface area contributed by atoms with Gasteiger partial charge in [-0.05, 0) is 42.0 Å². The molecular formula is C24H16BrClO5. The molecule has 0 saturated heterocycles. The Morgan fingerprint density at radius 3 is 2.87 bits per heavy atom. The molecule has 0 saturated carbocycles. The number of halogens is 2. The van der Waals surface area contributed by atoms with Crippen LogP contribution in [0.25, 0.3) is 6.08 Å². The second-order valence-electron chi connectivity index (χ2n) is 7.07. The Balaban J connectivity index is 1.36. The van der Waals surface area contributed by atoms with Crippen molar-refractivity contribution >= 4 is 39.4 Å². The first-order chi connectivity index (χ1) is 15.1. The third-order valence-electron chi connectivity index (χ3n) is 4.98. The molecule has 0 fully saturated rings. The molecule has 5 rings (SSSR count). The van der Waals surface area contributed by atoms with E-state index in [2.05, 4.69) is 15.9 Å². The number of allylic oxidation sites excluding steroid dienone is 1. The van der Waals surface area contributed by atoms with Crippen molar-refractivity contribution < 1.29 is 23.7 Å². The Kier molecular flexibility index (Phi) is 5.44. The first-order valence-corrected chi connectivity index (χ1v) is 10.7. The molecule has 0 aliphatic carbocycles. The van der Waals surface area contributed by atoms with Gasteiger partial charge in [0.05, 0.1) is 12.2 Å². The molecule has 2 aliphatic rings. The fourth-order valence-electron chi connectivity index (χ4n) is 3.52. The zero-order valence-corrected chi connectivity index (χ0v) is 18.5. The topological polar surface area (TPSA) is 54.0 Å². The Hall–Kier alpha value is -2.80. The highest BCUT2D eigenvalue weighted by Gasteiger charge is 2.28. The number of fused-ring (bicyclic) bond motifs is 2. The van der Waals surface area contributed by atoms with Gasteiger partial charge in [0.1, 0.15) is 23.9 Å². The molecule has 0 spiro atoms. The van der Waals surface area contributed by atoms with E-state index < -0.39 is 0 Å². The molecule has 0 N–H and O–H groups in total. The molecule has 2 aliphatic heterocycles. The molecule has 156 valence electrons. The molecule has 0 atom stereocenters. The van der Waals surface area contributed by atoms with E-state index in [9.17, 15) is 4.79 Å². The molecule has 7 heteroatoms. The number of ether oxygens (including phenoxy) is 4. The van der Waals surface area contributed by atoms with E-state index in [4.69, 9.17) is 30.5 Å². The molecule has 0 bridgehead atoms. The molecule has 31 heavy (non-hydrogen) atoms. The van der Waals surface area contributed by atoms with E-state index in [-0.39, 0.29) is 18.3 Å². The molecule has 5 nitrogen and oxygen atoms in total. The summed E-state index contributed by atoms with van der Waals surface area (Å²) in [6.45, 7) is 1.02. The lowest BCUT2D eigenvalue weighted by Crippen LogP contribution is -2.14. The monoisotopic (exact) mass is 498 g/mol. The highest BCUT2D eigenvalue weighted by molar-refractivity contribution is 9.10. The van der Waals surface area contributed by atoms with Crippen molar-refractivity contribution in [2.24, 2.45) is 0 Å². The van der Waals surface area contributed by atoms with Gasteiger partial charge in [0.15, 0.2) is 12.6 Å². The standard InChI is InChI=1S/C24H16BrClO5/c25-17-7-15-11-28-13-30-24(15)16(8-17)12-29-18-5-6-19-21(10-18)31-22(23(19)27)9-14-3-1-2-4-20(14)26/h1-10H,11-13H2/b22-9-. The zero-order valence-electron chi connectivity index (χ0n) is 16.2. The van der Waals surface area contributed by atoms with Gasteiger partial charge < -0.3 is 18.9 Å². The smallest absolute Gasteiger partial charge is 0.231 e. The van der Waals surface area contributed by atoms with Crippen LogP contribution >= 0.6 is 27.5 Å². The molecule has 3 aromatic carbocycles. The van der Waals surface area contributed by atoms with E-state index in [1.54, 1.807) is 30.3 Å². The van der Waals surface area contributed by atoms with Crippen molar-refractivity contribution in [1.82, 2.24) is 0 Å². The van der Waals surface area contributed by atoms with Gasteiger partial charge in [-0.3, -0.25) is 4.79 Å². The van der Waals surface area contributed by atoms with Gasteiger partial charge in [-0.2, -0.15) is 0 Å². The Labute approximate surface area is 192 Å². The second kappa shape index (κ2) is 8.38. The lowest BCUT2D eigenvalue weighted by Gasteiger charge is -2.21. The molecular weight excluding hydrogens is 484 g/mol. The lowest BCUT2D eigenvalue weighted by molar-refractivity contribution is -0.0176. The zero-order chi connectivity index (χ0) is 21.4. The van der Waals surface area contributed by atoms with Crippen LogP contribution in [-0.4, -0.2) is 12.6 Å². The number of benzene rings is 3. The largest absolute Gasteiger partial charge is 0.489 e. The van der Waals surface area contributed by atoms with Gasteiger partial charge in [0.2, 0.25) is 5.78 Å². The summed E-state index contributed by atoms with van der Waals surface area (Å²) in [4.78, 5) is 12.7. The molecule has 0 amide bonds. The van der Waals surface area contributed by atoms with E-state index >= 15 is 0 Å². The maximum Gasteiger partial charge on any atom is 0.231 e. The van der Waals surface area contributed by atoms with Crippen molar-refractivity contribution in [3.8, 4) is 17.2 Å². The van der Waals surface area contributed by atoms with Gasteiger partial charge >= 0.3 is 0 Å². The number of hydrogen-bond acceptors (Lipinski definition) is 5. The third kappa shape index (κ3) is 4.06. The van der Waals surface area contributed by atoms with Gasteiger partial charge in [0.25, 0.3) is 0 Å². The first kappa shape index (κ1) is 20.1. The van der Waals surface area contributed by atoms with Crippen molar-refractivity contribution in [3.63, 3.8) is 0 Å². The summed E-state index contributed by atoms with van der Waals surface area (Å²) in [5.74, 6) is 1.88. The van der Waals surface area contributed by atoms with Crippen molar-refractivity contribution in [1.29, 1.82) is 0 Å². The minimum atomic E-state index is -0.184. The predicted molar refractivity (Wildman–Crippen MR) is 120 cm³/mol. The number of carbonyl (C=O) groups is 1. The van der Waals surface area contributed by atoms with Crippen LogP contribution in [0, 0.1) is 0 Å². The Morgan fingerprint density at radius 2 is 2.00 bits per heavy atom. The summed E-state index contributed by atoms with van der Waals surface area (Å²) in [7, 11) is 0. The van der Waals surface area contributed by atoms with E-state index in [0.717, 1.165) is 26.9 Å². The van der Waals surface area contributed by atoms with E-state index in [1.807, 2.05) is 30.3 Å². The molecule has 0 aromatic heterocycles. The van der Waals surface area contributed by atoms with Crippen LogP contribution in [0.15, 0.2) is 64.8 Å². The molecule has 0 unspecified atom stereocenters. The summed E-state index contributed by atoms with van der Waals surface area (Å²) in [6, 6.07) is 16.4. The SMILES string of the molecule is O=C1/C(=C/c2ccccc2Cl)Oc2cc(OCc3cc(Br)cc4c3OCOC4)ccc21. The summed E-state index contributed by atoms with van der Waals surface area (Å²) in [5, 5.41) is 0.552. The fourth-order valence-corrected chi connectivity index (χ4v) is 4.26. The number of ketones is 1. The van der Waals surface area contributed by atoms with Crippen LogP contribution in [0.5, 0.6) is 17.2 Å². The van der Waals surface area contributed by atoms with Crippen LogP contribution in [0.2, 0.25) is 5.02 Å². The summed E-state index contributed by atoms with van der Waals surface area (Å²) < 4.78 is 23.7. The minimum Gasteiger partial charge on any atom is -0.489 e.